The molecule has 0 spiro atoms. The van der Waals surface area contributed by atoms with Crippen LogP contribution in [0.15, 0.2) is 53.3 Å². The number of carboxylic acid groups (broad SMARTS) is 1. The zero-order valence-corrected chi connectivity index (χ0v) is 17.7. The molecule has 2 heterocycles. The molecule has 162 valence electrons. The lowest BCUT2D eigenvalue weighted by atomic mass is 10.1. The number of fused-ring (bicyclic) bond motifs is 1. The molecular weight excluding hydrogens is 396 g/mol. The van der Waals surface area contributed by atoms with E-state index in [0.29, 0.717) is 49.5 Å². The van der Waals surface area contributed by atoms with Crippen molar-refractivity contribution in [3.8, 4) is 11.4 Å². The second kappa shape index (κ2) is 8.77. The predicted molar refractivity (Wildman–Crippen MR) is 118 cm³/mol. The molecule has 1 aliphatic rings. The predicted octanol–water partition coefficient (Wildman–Crippen LogP) is 3.14. The van der Waals surface area contributed by atoms with E-state index in [1.54, 1.807) is 10.6 Å². The molecule has 0 radical (unpaired) electrons. The smallest absolute Gasteiger partial charge is 0.407 e. The van der Waals surface area contributed by atoms with Gasteiger partial charge in [0.25, 0.3) is 5.56 Å². The summed E-state index contributed by atoms with van der Waals surface area (Å²) in [5.74, 6) is 1.38. The first kappa shape index (κ1) is 20.9. The van der Waals surface area contributed by atoms with E-state index in [0.717, 1.165) is 11.4 Å². The molecule has 0 saturated carbocycles. The van der Waals surface area contributed by atoms with Gasteiger partial charge < -0.3 is 14.7 Å². The highest BCUT2D eigenvalue weighted by molar-refractivity contribution is 5.78. The number of amides is 1. The Bertz CT molecular complexity index is 1130. The van der Waals surface area contributed by atoms with Gasteiger partial charge in [-0.25, -0.2) is 9.78 Å². The number of para-hydroxylation sites is 1. The summed E-state index contributed by atoms with van der Waals surface area (Å²) in [6, 6.07) is 14.6. The first-order chi connectivity index (χ1) is 15.0. The number of piperazine rings is 1. The van der Waals surface area contributed by atoms with Crippen LogP contribution >= 0.6 is 0 Å². The van der Waals surface area contributed by atoms with Gasteiger partial charge in [0.1, 0.15) is 11.6 Å². The van der Waals surface area contributed by atoms with Crippen molar-refractivity contribution in [1.82, 2.24) is 19.4 Å². The fraction of sp³-hybridized carbons (Fsp3) is 0.348. The fourth-order valence-corrected chi connectivity index (χ4v) is 4.00. The lowest BCUT2D eigenvalue weighted by Crippen LogP contribution is -2.49. The van der Waals surface area contributed by atoms with Crippen LogP contribution in [0.2, 0.25) is 0 Å². The molecule has 31 heavy (non-hydrogen) atoms. The first-order valence-corrected chi connectivity index (χ1v) is 10.5. The van der Waals surface area contributed by atoms with Gasteiger partial charge in [-0.1, -0.05) is 12.1 Å². The van der Waals surface area contributed by atoms with Crippen molar-refractivity contribution >= 4 is 17.0 Å². The molecule has 1 atom stereocenters. The maximum atomic E-state index is 13.5. The quantitative estimate of drug-likeness (QED) is 0.680. The van der Waals surface area contributed by atoms with Gasteiger partial charge in [0.15, 0.2) is 0 Å². The molecule has 0 bridgehead atoms. The Balaban J connectivity index is 1.77. The molecule has 8 nitrogen and oxygen atoms in total. The Hall–Kier alpha value is -3.39. The minimum absolute atomic E-state index is 0.124. The zero-order valence-electron chi connectivity index (χ0n) is 17.7. The van der Waals surface area contributed by atoms with Gasteiger partial charge in [-0.2, -0.15) is 0 Å². The summed E-state index contributed by atoms with van der Waals surface area (Å²) < 4.78 is 7.19. The van der Waals surface area contributed by atoms with Crippen molar-refractivity contribution in [3.63, 3.8) is 0 Å². The summed E-state index contributed by atoms with van der Waals surface area (Å²) in [7, 11) is 0. The molecule has 1 N–H and O–H groups in total. The average Bonchev–Trinajstić information content (AvgIpc) is 2.79. The number of benzene rings is 2. The summed E-state index contributed by atoms with van der Waals surface area (Å²) in [4.78, 5) is 33.2. The van der Waals surface area contributed by atoms with Crippen LogP contribution in [-0.2, 0) is 0 Å². The summed E-state index contributed by atoms with van der Waals surface area (Å²) >= 11 is 0. The van der Waals surface area contributed by atoms with E-state index < -0.39 is 6.09 Å². The average molecular weight is 422 g/mol. The van der Waals surface area contributed by atoms with Crippen LogP contribution in [0, 0.1) is 0 Å². The molecule has 1 saturated heterocycles. The SMILES string of the molecule is CCOc1ccc(-n2c(C(C)N3CCN(C(=O)O)CC3)nc3ccccc3c2=O)cc1. The van der Waals surface area contributed by atoms with E-state index in [4.69, 9.17) is 9.72 Å². The number of nitrogens with zero attached hydrogens (tertiary/aromatic N) is 4. The zero-order chi connectivity index (χ0) is 22.0. The number of rotatable bonds is 5. The van der Waals surface area contributed by atoms with Crippen LogP contribution in [0.1, 0.15) is 25.7 Å². The van der Waals surface area contributed by atoms with E-state index in [2.05, 4.69) is 4.90 Å². The summed E-state index contributed by atoms with van der Waals surface area (Å²) in [6.45, 7) is 6.54. The molecular formula is C23H26N4O4. The van der Waals surface area contributed by atoms with Gasteiger partial charge >= 0.3 is 6.09 Å². The van der Waals surface area contributed by atoms with E-state index in [1.165, 1.54) is 4.90 Å². The Morgan fingerprint density at radius 2 is 1.77 bits per heavy atom. The van der Waals surface area contributed by atoms with Crippen molar-refractivity contribution in [3.05, 3.63) is 64.7 Å². The maximum Gasteiger partial charge on any atom is 0.407 e. The van der Waals surface area contributed by atoms with E-state index in [1.807, 2.05) is 56.3 Å². The maximum absolute atomic E-state index is 13.5. The molecule has 1 amide bonds. The summed E-state index contributed by atoms with van der Waals surface area (Å²) in [5, 5.41) is 9.79. The number of aromatic nitrogens is 2. The van der Waals surface area contributed by atoms with Gasteiger partial charge in [0.2, 0.25) is 0 Å². The number of carbonyl (C=O) groups is 1. The van der Waals surface area contributed by atoms with Crippen LogP contribution in [0.25, 0.3) is 16.6 Å². The van der Waals surface area contributed by atoms with Crippen LogP contribution in [-0.4, -0.2) is 63.3 Å². The molecule has 0 aliphatic carbocycles. The van der Waals surface area contributed by atoms with E-state index in [9.17, 15) is 14.7 Å². The molecule has 8 heteroatoms. The minimum Gasteiger partial charge on any atom is -0.494 e. The molecule has 1 fully saturated rings. The Morgan fingerprint density at radius 3 is 2.42 bits per heavy atom. The molecule has 1 aliphatic heterocycles. The van der Waals surface area contributed by atoms with Gasteiger partial charge in [-0.3, -0.25) is 14.3 Å². The van der Waals surface area contributed by atoms with Crippen molar-refractivity contribution in [2.24, 2.45) is 0 Å². The highest BCUT2D eigenvalue weighted by atomic mass is 16.5. The lowest BCUT2D eigenvalue weighted by molar-refractivity contribution is 0.0864. The lowest BCUT2D eigenvalue weighted by Gasteiger charge is -2.37. The number of hydrogen-bond acceptors (Lipinski definition) is 5. The number of ether oxygens (including phenoxy) is 1. The standard InChI is InChI=1S/C23H26N4O4/c1-3-31-18-10-8-17(9-11-18)27-21(24-20-7-5-4-6-19(20)22(27)28)16(2)25-12-14-26(15-13-25)23(29)30/h4-11,16H,3,12-15H2,1-2H3,(H,29,30). The third kappa shape index (κ3) is 4.11. The third-order valence-electron chi connectivity index (χ3n) is 5.71. The number of hydrogen-bond donors (Lipinski definition) is 1. The van der Waals surface area contributed by atoms with Gasteiger partial charge in [0.05, 0.1) is 29.2 Å². The molecule has 1 aromatic heterocycles. The van der Waals surface area contributed by atoms with Gasteiger partial charge in [0, 0.05) is 26.2 Å². The van der Waals surface area contributed by atoms with Gasteiger partial charge in [-0.15, -0.1) is 0 Å². The van der Waals surface area contributed by atoms with Crippen molar-refractivity contribution < 1.29 is 14.6 Å². The molecule has 4 rings (SSSR count). The first-order valence-electron chi connectivity index (χ1n) is 10.5. The van der Waals surface area contributed by atoms with E-state index >= 15 is 0 Å². The van der Waals surface area contributed by atoms with Crippen LogP contribution in [0.3, 0.4) is 0 Å². The van der Waals surface area contributed by atoms with Crippen LogP contribution in [0.4, 0.5) is 4.79 Å². The second-order valence-corrected chi connectivity index (χ2v) is 7.54. The largest absolute Gasteiger partial charge is 0.494 e. The summed E-state index contributed by atoms with van der Waals surface area (Å²) in [6.07, 6.45) is -0.901. The van der Waals surface area contributed by atoms with E-state index in [-0.39, 0.29) is 11.6 Å². The normalized spacial score (nSPS) is 15.7. The van der Waals surface area contributed by atoms with Crippen LogP contribution < -0.4 is 10.3 Å². The Kier molecular flexibility index (Phi) is 5.90. The topological polar surface area (TPSA) is 87.9 Å². The second-order valence-electron chi connectivity index (χ2n) is 7.54. The third-order valence-corrected chi connectivity index (χ3v) is 5.71. The molecule has 3 aromatic rings. The van der Waals surface area contributed by atoms with Crippen LogP contribution in [0.5, 0.6) is 5.75 Å². The minimum atomic E-state index is -0.901. The highest BCUT2D eigenvalue weighted by Gasteiger charge is 2.28. The van der Waals surface area contributed by atoms with Gasteiger partial charge in [-0.05, 0) is 50.2 Å². The fourth-order valence-electron chi connectivity index (χ4n) is 4.00. The van der Waals surface area contributed by atoms with Crippen molar-refractivity contribution in [1.29, 1.82) is 0 Å². The monoisotopic (exact) mass is 422 g/mol. The molecule has 1 unspecified atom stereocenters. The Morgan fingerprint density at radius 1 is 1.10 bits per heavy atom. The highest BCUT2D eigenvalue weighted by Crippen LogP contribution is 2.24. The Labute approximate surface area is 180 Å². The molecule has 2 aromatic carbocycles. The van der Waals surface area contributed by atoms with Crippen molar-refractivity contribution in [2.75, 3.05) is 32.8 Å². The van der Waals surface area contributed by atoms with Crippen molar-refractivity contribution in [2.45, 2.75) is 19.9 Å². The summed E-state index contributed by atoms with van der Waals surface area (Å²) in [5.41, 5.74) is 1.25.